The number of thioether (sulfide) groups is 1. The smallest absolute Gasteiger partial charge is 0.134 e. The molecule has 0 radical (unpaired) electrons. The summed E-state index contributed by atoms with van der Waals surface area (Å²) in [6.07, 6.45) is 8.47. The zero-order valence-corrected chi connectivity index (χ0v) is 9.87. The number of ketones is 1. The summed E-state index contributed by atoms with van der Waals surface area (Å²) in [5, 5.41) is 0.649. The molecule has 2 saturated carbocycles. The van der Waals surface area contributed by atoms with Crippen molar-refractivity contribution in [1.29, 1.82) is 0 Å². The molecule has 14 heavy (non-hydrogen) atoms. The average molecular weight is 212 g/mol. The molecule has 0 aromatic heterocycles. The van der Waals surface area contributed by atoms with Crippen molar-refractivity contribution in [2.24, 2.45) is 5.41 Å². The molecule has 0 aromatic rings. The van der Waals surface area contributed by atoms with Gasteiger partial charge in [0.2, 0.25) is 0 Å². The van der Waals surface area contributed by atoms with E-state index in [4.69, 9.17) is 0 Å². The maximum Gasteiger partial charge on any atom is 0.134 e. The van der Waals surface area contributed by atoms with Gasteiger partial charge in [0.25, 0.3) is 0 Å². The van der Waals surface area contributed by atoms with Crippen LogP contribution in [0.2, 0.25) is 0 Å². The second-order valence-corrected chi connectivity index (χ2v) is 6.24. The summed E-state index contributed by atoms with van der Waals surface area (Å²) in [5.41, 5.74) is 0.564. The number of Topliss-reactive ketones (excluding diaryl/α,β-unsaturated/α-hetero) is 1. The summed E-state index contributed by atoms with van der Waals surface area (Å²) < 4.78 is 0. The number of carbonyl (C=O) groups excluding carboxylic acids is 1. The van der Waals surface area contributed by atoms with E-state index in [1.54, 1.807) is 0 Å². The van der Waals surface area contributed by atoms with Crippen LogP contribution >= 0.6 is 11.8 Å². The molecule has 2 aliphatic carbocycles. The van der Waals surface area contributed by atoms with Crippen LogP contribution in [0.1, 0.15) is 51.9 Å². The van der Waals surface area contributed by atoms with Gasteiger partial charge in [-0.25, -0.2) is 0 Å². The predicted octanol–water partition coefficient (Wildman–Crippen LogP) is 3.42. The highest BCUT2D eigenvalue weighted by Crippen LogP contribution is 2.52. The third-order valence-electron chi connectivity index (χ3n) is 3.96. The summed E-state index contributed by atoms with van der Waals surface area (Å²) >= 11 is 2.03. The lowest BCUT2D eigenvalue weighted by Crippen LogP contribution is -2.37. The summed E-state index contributed by atoms with van der Waals surface area (Å²) in [7, 11) is 0. The third-order valence-corrected chi connectivity index (χ3v) is 5.37. The molecule has 0 aliphatic heterocycles. The van der Waals surface area contributed by atoms with Crippen LogP contribution in [0.25, 0.3) is 0 Å². The molecule has 1 atom stereocenters. The van der Waals surface area contributed by atoms with Crippen molar-refractivity contribution in [3.05, 3.63) is 0 Å². The van der Waals surface area contributed by atoms with Crippen molar-refractivity contribution < 1.29 is 4.79 Å². The first kappa shape index (κ1) is 10.5. The van der Waals surface area contributed by atoms with E-state index in [0.29, 0.717) is 16.4 Å². The molecule has 1 spiro atoms. The number of hydrogen-bond donors (Lipinski definition) is 0. The lowest BCUT2D eigenvalue weighted by atomic mass is 9.72. The van der Waals surface area contributed by atoms with Crippen LogP contribution in [0, 0.1) is 5.41 Å². The monoisotopic (exact) mass is 212 g/mol. The van der Waals surface area contributed by atoms with E-state index < -0.39 is 0 Å². The third kappa shape index (κ3) is 1.86. The molecular formula is C12H20OS. The summed E-state index contributed by atoms with van der Waals surface area (Å²) in [5.74, 6) is 1.67. The van der Waals surface area contributed by atoms with E-state index in [2.05, 4.69) is 6.92 Å². The largest absolute Gasteiger partial charge is 0.300 e. The van der Waals surface area contributed by atoms with Gasteiger partial charge in [-0.05, 0) is 30.4 Å². The fraction of sp³-hybridized carbons (Fsp3) is 0.917. The lowest BCUT2D eigenvalue weighted by molar-refractivity contribution is -0.122. The van der Waals surface area contributed by atoms with Crippen molar-refractivity contribution in [3.8, 4) is 0 Å². The normalized spacial score (nSPS) is 31.2. The van der Waals surface area contributed by atoms with Crippen LogP contribution in [0.5, 0.6) is 0 Å². The van der Waals surface area contributed by atoms with E-state index in [-0.39, 0.29) is 0 Å². The molecule has 2 aliphatic rings. The molecule has 0 bridgehead atoms. The van der Waals surface area contributed by atoms with Gasteiger partial charge in [0.1, 0.15) is 5.78 Å². The fourth-order valence-corrected chi connectivity index (χ4v) is 4.58. The van der Waals surface area contributed by atoms with Gasteiger partial charge in [-0.3, -0.25) is 4.79 Å². The minimum atomic E-state index is 0.508. The van der Waals surface area contributed by atoms with Crippen molar-refractivity contribution in [3.63, 3.8) is 0 Å². The molecule has 1 unspecified atom stereocenters. The first-order chi connectivity index (χ1) is 6.77. The number of carbonyl (C=O) groups is 1. The summed E-state index contributed by atoms with van der Waals surface area (Å²) in [6.45, 7) is 2.21. The highest BCUT2D eigenvalue weighted by atomic mass is 32.2. The zero-order valence-electron chi connectivity index (χ0n) is 9.05. The molecule has 0 saturated heterocycles. The highest BCUT2D eigenvalue weighted by Gasteiger charge is 2.44. The molecule has 0 heterocycles. The Kier molecular flexibility index (Phi) is 3.20. The molecule has 0 amide bonds. The van der Waals surface area contributed by atoms with Gasteiger partial charge < -0.3 is 0 Å². The lowest BCUT2D eigenvalue weighted by Gasteiger charge is -2.40. The van der Waals surface area contributed by atoms with E-state index in [9.17, 15) is 4.79 Å². The quantitative estimate of drug-likeness (QED) is 0.697. The van der Waals surface area contributed by atoms with Crippen LogP contribution < -0.4 is 0 Å². The average Bonchev–Trinajstić information content (AvgIpc) is 2.62. The Morgan fingerprint density at radius 1 is 1.36 bits per heavy atom. The first-order valence-corrected chi connectivity index (χ1v) is 6.95. The van der Waals surface area contributed by atoms with Crippen molar-refractivity contribution in [2.75, 3.05) is 5.75 Å². The molecule has 80 valence electrons. The Morgan fingerprint density at radius 2 is 2.07 bits per heavy atom. The predicted molar refractivity (Wildman–Crippen MR) is 61.7 cm³/mol. The molecule has 0 aromatic carbocycles. The molecular weight excluding hydrogens is 192 g/mol. The minimum absolute atomic E-state index is 0.508. The maximum absolute atomic E-state index is 11.5. The van der Waals surface area contributed by atoms with Crippen molar-refractivity contribution in [1.82, 2.24) is 0 Å². The van der Waals surface area contributed by atoms with E-state index in [1.165, 1.54) is 37.9 Å². The van der Waals surface area contributed by atoms with Crippen molar-refractivity contribution >= 4 is 17.5 Å². The molecule has 2 fully saturated rings. The van der Waals surface area contributed by atoms with Crippen LogP contribution in [-0.2, 0) is 4.79 Å². The van der Waals surface area contributed by atoms with Crippen LogP contribution in [0.15, 0.2) is 0 Å². The van der Waals surface area contributed by atoms with E-state index in [0.717, 1.165) is 12.8 Å². The first-order valence-electron chi connectivity index (χ1n) is 5.90. The van der Waals surface area contributed by atoms with Gasteiger partial charge in [0.15, 0.2) is 0 Å². The summed E-state index contributed by atoms with van der Waals surface area (Å²) in [4.78, 5) is 11.5. The second kappa shape index (κ2) is 4.26. The Labute approximate surface area is 91.0 Å². The second-order valence-electron chi connectivity index (χ2n) is 4.76. The van der Waals surface area contributed by atoms with Gasteiger partial charge in [0, 0.05) is 18.1 Å². The highest BCUT2D eigenvalue weighted by molar-refractivity contribution is 7.99. The topological polar surface area (TPSA) is 17.1 Å². The molecule has 2 heteroatoms. The Morgan fingerprint density at radius 3 is 2.71 bits per heavy atom. The number of hydrogen-bond acceptors (Lipinski definition) is 2. The molecule has 2 rings (SSSR count). The maximum atomic E-state index is 11.5. The van der Waals surface area contributed by atoms with Gasteiger partial charge >= 0.3 is 0 Å². The Bertz CT molecular complexity index is 218. The van der Waals surface area contributed by atoms with Crippen LogP contribution in [0.3, 0.4) is 0 Å². The van der Waals surface area contributed by atoms with Crippen LogP contribution in [-0.4, -0.2) is 16.8 Å². The van der Waals surface area contributed by atoms with E-state index in [1.807, 2.05) is 11.8 Å². The molecule has 1 nitrogen and oxygen atoms in total. The van der Waals surface area contributed by atoms with Gasteiger partial charge in [-0.15, -0.1) is 0 Å². The minimum Gasteiger partial charge on any atom is -0.300 e. The van der Waals surface area contributed by atoms with Crippen molar-refractivity contribution in [2.45, 2.75) is 57.1 Å². The zero-order chi connectivity index (χ0) is 10.0. The van der Waals surface area contributed by atoms with Gasteiger partial charge in [0.05, 0.1) is 0 Å². The summed E-state index contributed by atoms with van der Waals surface area (Å²) in [6, 6.07) is 0. The SMILES string of the molecule is CCSC1CC(=O)CCC12CCCC2. The molecule has 0 N–H and O–H groups in total. The van der Waals surface area contributed by atoms with E-state index >= 15 is 0 Å². The standard InChI is InChI=1S/C12H20OS/c1-2-14-11-9-10(13)5-8-12(11)6-3-4-7-12/h11H,2-9H2,1H3. The fourth-order valence-electron chi connectivity index (χ4n) is 3.16. The Hall–Kier alpha value is 0.0200. The van der Waals surface area contributed by atoms with Gasteiger partial charge in [-0.2, -0.15) is 11.8 Å². The Balaban J connectivity index is 2.08. The number of rotatable bonds is 2. The van der Waals surface area contributed by atoms with Gasteiger partial charge in [-0.1, -0.05) is 19.8 Å². The van der Waals surface area contributed by atoms with Crippen LogP contribution in [0.4, 0.5) is 0 Å².